The Morgan fingerprint density at radius 3 is 2.58 bits per heavy atom. The average molecular weight is 259 g/mol. The van der Waals surface area contributed by atoms with E-state index in [9.17, 15) is 4.79 Å². The van der Waals surface area contributed by atoms with Crippen LogP contribution in [0, 0.1) is 0 Å². The highest BCUT2D eigenvalue weighted by atomic mass is 16.4. The number of hydrogen-bond acceptors (Lipinski definition) is 3. The van der Waals surface area contributed by atoms with Crippen LogP contribution in [0.2, 0.25) is 0 Å². The van der Waals surface area contributed by atoms with Gasteiger partial charge in [0.15, 0.2) is 0 Å². The van der Waals surface area contributed by atoms with Crippen molar-refractivity contribution in [2.45, 2.75) is 32.6 Å². The molecule has 19 heavy (non-hydrogen) atoms. The van der Waals surface area contributed by atoms with Crippen molar-refractivity contribution in [3.05, 3.63) is 41.8 Å². The number of carbonyl (C=O) groups is 1. The minimum absolute atomic E-state index is 0.137. The third kappa shape index (κ3) is 3.44. The van der Waals surface area contributed by atoms with Gasteiger partial charge in [-0.25, -0.2) is 9.78 Å². The van der Waals surface area contributed by atoms with E-state index < -0.39 is 5.97 Å². The number of aryl methyl sites for hydroxylation is 1. The Labute approximate surface area is 112 Å². The third-order valence-corrected chi connectivity index (χ3v) is 2.99. The van der Waals surface area contributed by atoms with Gasteiger partial charge in [-0.3, -0.25) is 0 Å². The molecule has 0 spiro atoms. The summed E-state index contributed by atoms with van der Waals surface area (Å²) < 4.78 is 5.16. The van der Waals surface area contributed by atoms with Crippen molar-refractivity contribution in [2.75, 3.05) is 0 Å². The van der Waals surface area contributed by atoms with E-state index in [2.05, 4.69) is 11.9 Å². The Hall–Kier alpha value is -2.10. The van der Waals surface area contributed by atoms with E-state index in [4.69, 9.17) is 9.52 Å². The van der Waals surface area contributed by atoms with Crippen molar-refractivity contribution in [1.82, 2.24) is 4.98 Å². The number of aromatic carboxylic acids is 1. The van der Waals surface area contributed by atoms with Gasteiger partial charge in [0.05, 0.1) is 6.20 Å². The first-order valence-corrected chi connectivity index (χ1v) is 6.49. The van der Waals surface area contributed by atoms with E-state index in [-0.39, 0.29) is 5.76 Å². The summed E-state index contributed by atoms with van der Waals surface area (Å²) in [4.78, 5) is 14.7. The molecule has 1 aromatic heterocycles. The number of carboxylic acid groups (broad SMARTS) is 1. The molecule has 2 aromatic rings. The molecule has 0 aliphatic rings. The zero-order valence-corrected chi connectivity index (χ0v) is 10.9. The number of carboxylic acids is 1. The van der Waals surface area contributed by atoms with E-state index in [0.29, 0.717) is 5.89 Å². The Bertz CT molecular complexity index is 543. The molecule has 0 atom stereocenters. The first-order chi connectivity index (χ1) is 9.20. The topological polar surface area (TPSA) is 63.3 Å². The smallest absolute Gasteiger partial charge is 0.373 e. The molecule has 0 bridgehead atoms. The predicted octanol–water partition coefficient (Wildman–Crippen LogP) is 3.77. The first-order valence-electron chi connectivity index (χ1n) is 6.49. The fraction of sp³-hybridized carbons (Fsp3) is 0.333. The van der Waals surface area contributed by atoms with Crippen LogP contribution in [-0.4, -0.2) is 16.1 Å². The summed E-state index contributed by atoms with van der Waals surface area (Å²) in [5.41, 5.74) is 2.08. The summed E-state index contributed by atoms with van der Waals surface area (Å²) in [5, 5.41) is 8.78. The van der Waals surface area contributed by atoms with Crippen LogP contribution < -0.4 is 0 Å². The summed E-state index contributed by atoms with van der Waals surface area (Å²) in [6, 6.07) is 7.91. The van der Waals surface area contributed by atoms with Crippen LogP contribution >= 0.6 is 0 Å². The number of benzene rings is 1. The maximum Gasteiger partial charge on any atom is 0.373 e. The molecule has 0 amide bonds. The van der Waals surface area contributed by atoms with Crippen LogP contribution in [0.5, 0.6) is 0 Å². The maximum atomic E-state index is 10.7. The maximum absolute atomic E-state index is 10.7. The average Bonchev–Trinajstić information content (AvgIpc) is 2.90. The van der Waals surface area contributed by atoms with Crippen LogP contribution in [0.3, 0.4) is 0 Å². The van der Waals surface area contributed by atoms with Crippen molar-refractivity contribution >= 4 is 5.97 Å². The Morgan fingerprint density at radius 1 is 1.26 bits per heavy atom. The normalized spacial score (nSPS) is 10.6. The molecule has 100 valence electrons. The standard InChI is InChI=1S/C15H17NO3/c1-2-3-4-5-11-6-8-12(9-7-11)14-16-10-13(19-14)15(17)18/h6-10H,2-5H2,1H3,(H,17,18). The van der Waals surface area contributed by atoms with E-state index in [1.807, 2.05) is 24.3 Å². The van der Waals surface area contributed by atoms with E-state index >= 15 is 0 Å². The van der Waals surface area contributed by atoms with Crippen molar-refractivity contribution in [3.63, 3.8) is 0 Å². The summed E-state index contributed by atoms with van der Waals surface area (Å²) in [7, 11) is 0. The zero-order valence-electron chi connectivity index (χ0n) is 10.9. The molecule has 1 aromatic carbocycles. The second-order valence-electron chi connectivity index (χ2n) is 4.49. The SMILES string of the molecule is CCCCCc1ccc(-c2ncc(C(=O)O)o2)cc1. The molecule has 0 saturated heterocycles. The third-order valence-electron chi connectivity index (χ3n) is 2.99. The highest BCUT2D eigenvalue weighted by Crippen LogP contribution is 2.20. The predicted molar refractivity (Wildman–Crippen MR) is 72.1 cm³/mol. The van der Waals surface area contributed by atoms with Crippen molar-refractivity contribution in [1.29, 1.82) is 0 Å². The highest BCUT2D eigenvalue weighted by molar-refractivity contribution is 5.84. The molecule has 1 heterocycles. The van der Waals surface area contributed by atoms with Crippen molar-refractivity contribution in [2.24, 2.45) is 0 Å². The lowest BCUT2D eigenvalue weighted by molar-refractivity contribution is 0.0663. The van der Waals surface area contributed by atoms with Gasteiger partial charge in [0.2, 0.25) is 11.7 Å². The molecule has 0 saturated carbocycles. The fourth-order valence-corrected chi connectivity index (χ4v) is 1.90. The molecule has 4 nitrogen and oxygen atoms in total. The van der Waals surface area contributed by atoms with Gasteiger partial charge >= 0.3 is 5.97 Å². The van der Waals surface area contributed by atoms with E-state index in [1.54, 1.807) is 0 Å². The second-order valence-corrected chi connectivity index (χ2v) is 4.49. The van der Waals surface area contributed by atoms with Crippen molar-refractivity contribution < 1.29 is 14.3 Å². The molecular weight excluding hydrogens is 242 g/mol. The van der Waals surface area contributed by atoms with E-state index in [0.717, 1.165) is 12.0 Å². The van der Waals surface area contributed by atoms with Gasteiger partial charge in [0.25, 0.3) is 0 Å². The van der Waals surface area contributed by atoms with Gasteiger partial charge in [-0.15, -0.1) is 0 Å². The fourth-order valence-electron chi connectivity index (χ4n) is 1.90. The second kappa shape index (κ2) is 6.18. The molecule has 0 fully saturated rings. The van der Waals surface area contributed by atoms with Crippen molar-refractivity contribution in [3.8, 4) is 11.5 Å². The summed E-state index contributed by atoms with van der Waals surface area (Å²) >= 11 is 0. The van der Waals surface area contributed by atoms with Crippen LogP contribution in [0.1, 0.15) is 42.3 Å². The number of oxazole rings is 1. The lowest BCUT2D eigenvalue weighted by Crippen LogP contribution is -1.91. The Balaban J connectivity index is 2.06. The summed E-state index contributed by atoms with van der Waals surface area (Å²) in [6.07, 6.45) is 5.95. The first kappa shape index (κ1) is 13.3. The number of hydrogen-bond donors (Lipinski definition) is 1. The van der Waals surface area contributed by atoms with Gasteiger partial charge in [0.1, 0.15) is 0 Å². The molecule has 0 aliphatic heterocycles. The monoisotopic (exact) mass is 259 g/mol. The van der Waals surface area contributed by atoms with Crippen LogP contribution in [0.15, 0.2) is 34.9 Å². The zero-order chi connectivity index (χ0) is 13.7. The van der Waals surface area contributed by atoms with Crippen LogP contribution in [0.4, 0.5) is 0 Å². The quantitative estimate of drug-likeness (QED) is 0.802. The molecule has 0 radical (unpaired) electrons. The molecule has 2 rings (SSSR count). The van der Waals surface area contributed by atoms with Gasteiger partial charge in [-0.05, 0) is 30.5 Å². The number of nitrogens with zero attached hydrogens (tertiary/aromatic N) is 1. The van der Waals surface area contributed by atoms with Gasteiger partial charge in [-0.1, -0.05) is 31.9 Å². The highest BCUT2D eigenvalue weighted by Gasteiger charge is 2.11. The minimum atomic E-state index is -1.10. The Kier molecular flexibility index (Phi) is 4.34. The van der Waals surface area contributed by atoms with Gasteiger partial charge in [-0.2, -0.15) is 0 Å². The molecule has 1 N–H and O–H groups in total. The number of aromatic nitrogens is 1. The van der Waals surface area contributed by atoms with Gasteiger partial charge < -0.3 is 9.52 Å². The summed E-state index contributed by atoms with van der Waals surface area (Å²) in [6.45, 7) is 2.19. The molecule has 0 aliphatic carbocycles. The molecular formula is C15H17NO3. The number of rotatable bonds is 6. The summed E-state index contributed by atoms with van der Waals surface area (Å²) in [5.74, 6) is -0.894. The molecule has 0 unspecified atom stereocenters. The van der Waals surface area contributed by atoms with Crippen LogP contribution in [0.25, 0.3) is 11.5 Å². The number of unbranched alkanes of at least 4 members (excludes halogenated alkanes) is 2. The van der Waals surface area contributed by atoms with Gasteiger partial charge in [0, 0.05) is 5.56 Å². The minimum Gasteiger partial charge on any atom is -0.475 e. The lowest BCUT2D eigenvalue weighted by Gasteiger charge is -2.01. The lowest BCUT2D eigenvalue weighted by atomic mass is 10.1. The Morgan fingerprint density at radius 2 is 2.00 bits per heavy atom. The van der Waals surface area contributed by atoms with Crippen LogP contribution in [-0.2, 0) is 6.42 Å². The molecule has 4 heteroatoms. The largest absolute Gasteiger partial charge is 0.475 e. The van der Waals surface area contributed by atoms with E-state index in [1.165, 1.54) is 31.0 Å².